The van der Waals surface area contributed by atoms with Gasteiger partial charge in [-0.1, -0.05) is 11.6 Å². The van der Waals surface area contributed by atoms with E-state index in [4.69, 9.17) is 33.9 Å². The lowest BCUT2D eigenvalue weighted by Crippen LogP contribution is -2.00. The van der Waals surface area contributed by atoms with E-state index in [0.717, 1.165) is 0 Å². The Hall–Kier alpha value is -1.98. The van der Waals surface area contributed by atoms with Gasteiger partial charge in [-0.05, 0) is 6.92 Å². The van der Waals surface area contributed by atoms with Crippen molar-refractivity contribution in [3.63, 3.8) is 0 Å². The van der Waals surface area contributed by atoms with E-state index >= 15 is 0 Å². The number of hydrogen-bond donors (Lipinski definition) is 1. The van der Waals surface area contributed by atoms with Crippen LogP contribution in [-0.4, -0.2) is 11.6 Å². The van der Waals surface area contributed by atoms with Crippen LogP contribution in [0.1, 0.15) is 12.5 Å². The van der Waals surface area contributed by atoms with Gasteiger partial charge in [0, 0.05) is 0 Å². The predicted octanol–water partition coefficient (Wildman–Crippen LogP) is 2.14. The first-order chi connectivity index (χ1) is 7.15. The molecule has 2 N–H and O–H groups in total. The first-order valence-electron chi connectivity index (χ1n) is 4.05. The molecule has 0 bridgehead atoms. The Kier molecular flexibility index (Phi) is 3.33. The second-order valence-corrected chi connectivity index (χ2v) is 2.86. The van der Waals surface area contributed by atoms with E-state index in [9.17, 15) is 0 Å². The second kappa shape index (κ2) is 4.50. The number of ether oxygens (including phenoxy) is 1. The van der Waals surface area contributed by atoms with Gasteiger partial charge in [0.05, 0.1) is 13.2 Å². The fourth-order valence-corrected chi connectivity index (χ4v) is 1.25. The lowest BCUT2D eigenvalue weighted by atomic mass is 10.2. The first-order valence-corrected chi connectivity index (χ1v) is 4.42. The van der Waals surface area contributed by atoms with Crippen LogP contribution in [0, 0.1) is 17.9 Å². The molecule has 0 saturated heterocycles. The summed E-state index contributed by atoms with van der Waals surface area (Å²) in [6, 6.07) is 1.83. The average molecular weight is 223 g/mol. The van der Waals surface area contributed by atoms with Gasteiger partial charge >= 0.3 is 0 Å². The Bertz CT molecular complexity index is 434. The van der Waals surface area contributed by atoms with Crippen LogP contribution in [0.15, 0.2) is 0 Å². The van der Waals surface area contributed by atoms with Gasteiger partial charge < -0.3 is 10.5 Å². The third-order valence-electron chi connectivity index (χ3n) is 1.62. The second-order valence-electron chi connectivity index (χ2n) is 2.50. The lowest BCUT2D eigenvalue weighted by Gasteiger charge is -2.09. The van der Waals surface area contributed by atoms with Crippen molar-refractivity contribution in [2.45, 2.75) is 6.92 Å². The van der Waals surface area contributed by atoms with Crippen LogP contribution in [0.25, 0.3) is 4.85 Å². The third kappa shape index (κ3) is 1.93. The average Bonchev–Trinajstić information content (AvgIpc) is 2.18. The number of nitrogen functional groups attached to an aromatic ring is 1. The van der Waals surface area contributed by atoms with Crippen LogP contribution in [0.2, 0.25) is 5.15 Å². The molecule has 0 radical (unpaired) electrons. The van der Waals surface area contributed by atoms with Crippen molar-refractivity contribution in [3.05, 3.63) is 22.1 Å². The maximum Gasteiger partial charge on any atom is 0.270 e. The number of nitrogens with two attached hydrogens (primary N) is 1. The number of anilines is 1. The van der Waals surface area contributed by atoms with Gasteiger partial charge in [0.25, 0.3) is 5.69 Å². The van der Waals surface area contributed by atoms with Crippen LogP contribution in [-0.2, 0) is 0 Å². The molecular formula is C9H7ClN4O. The summed E-state index contributed by atoms with van der Waals surface area (Å²) in [5, 5.41) is 8.79. The van der Waals surface area contributed by atoms with E-state index in [2.05, 4.69) is 9.83 Å². The van der Waals surface area contributed by atoms with Crippen LogP contribution in [0.3, 0.4) is 0 Å². The van der Waals surface area contributed by atoms with Crippen LogP contribution < -0.4 is 10.5 Å². The number of rotatable bonds is 2. The molecule has 1 aromatic heterocycles. The topological polar surface area (TPSA) is 76.3 Å². The highest BCUT2D eigenvalue weighted by Gasteiger charge is 2.18. The van der Waals surface area contributed by atoms with Crippen molar-refractivity contribution in [2.75, 3.05) is 12.3 Å². The van der Waals surface area contributed by atoms with Gasteiger partial charge in [-0.15, -0.1) is 0 Å². The van der Waals surface area contributed by atoms with E-state index < -0.39 is 0 Å². The largest absolute Gasteiger partial charge is 0.503 e. The zero-order chi connectivity index (χ0) is 11.4. The molecule has 0 aliphatic rings. The molecule has 0 atom stereocenters. The summed E-state index contributed by atoms with van der Waals surface area (Å²) in [4.78, 5) is 6.85. The molecule has 1 aromatic rings. The molecule has 15 heavy (non-hydrogen) atoms. The number of halogens is 1. The standard InChI is InChI=1S/C9H7ClN4O/c1-3-15-7-5(4-11)8(10)14-9(12)6(7)13-2/h3H2,1H3,(H2,12,14). The van der Waals surface area contributed by atoms with Gasteiger partial charge in [0.15, 0.2) is 5.75 Å². The summed E-state index contributed by atoms with van der Waals surface area (Å²) in [7, 11) is 0. The number of pyridine rings is 1. The molecule has 76 valence electrons. The van der Waals surface area contributed by atoms with Crippen molar-refractivity contribution in [2.24, 2.45) is 0 Å². The zero-order valence-corrected chi connectivity index (χ0v) is 8.67. The molecule has 0 fully saturated rings. The van der Waals surface area contributed by atoms with Gasteiger partial charge in [-0.25, -0.2) is 9.83 Å². The molecule has 0 amide bonds. The van der Waals surface area contributed by atoms with E-state index in [0.29, 0.717) is 6.61 Å². The van der Waals surface area contributed by atoms with Crippen LogP contribution >= 0.6 is 11.6 Å². The van der Waals surface area contributed by atoms with Crippen molar-refractivity contribution < 1.29 is 4.74 Å². The van der Waals surface area contributed by atoms with Crippen molar-refractivity contribution in [1.82, 2.24) is 4.98 Å². The SMILES string of the molecule is [C-]#[N+]c1c(N)nc(Cl)c(C#N)c1OCC. The molecule has 0 aromatic carbocycles. The normalized spacial score (nSPS) is 9.07. The fraction of sp³-hybridized carbons (Fsp3) is 0.222. The maximum atomic E-state index is 8.84. The summed E-state index contributed by atoms with van der Waals surface area (Å²) in [5.74, 6) is 0.0740. The van der Waals surface area contributed by atoms with E-state index in [-0.39, 0.29) is 28.0 Å². The van der Waals surface area contributed by atoms with Crippen molar-refractivity contribution >= 4 is 23.1 Å². The minimum atomic E-state index is -0.0501. The van der Waals surface area contributed by atoms with E-state index in [1.165, 1.54) is 0 Å². The summed E-state index contributed by atoms with van der Waals surface area (Å²) < 4.78 is 5.17. The minimum Gasteiger partial charge on any atom is -0.503 e. The molecule has 1 heterocycles. The van der Waals surface area contributed by atoms with Crippen molar-refractivity contribution in [3.8, 4) is 11.8 Å². The highest BCUT2D eigenvalue weighted by molar-refractivity contribution is 6.31. The predicted molar refractivity (Wildman–Crippen MR) is 55.8 cm³/mol. The van der Waals surface area contributed by atoms with Crippen LogP contribution in [0.4, 0.5) is 11.5 Å². The molecule has 0 unspecified atom stereocenters. The monoisotopic (exact) mass is 222 g/mol. The molecule has 5 nitrogen and oxygen atoms in total. The Labute approximate surface area is 91.9 Å². The third-order valence-corrected chi connectivity index (χ3v) is 1.90. The minimum absolute atomic E-state index is 0.0257. The molecule has 0 spiro atoms. The molecule has 1 rings (SSSR count). The Balaban J connectivity index is 3.54. The Morgan fingerprint density at radius 3 is 2.87 bits per heavy atom. The van der Waals surface area contributed by atoms with Crippen molar-refractivity contribution in [1.29, 1.82) is 5.26 Å². The summed E-state index contributed by atoms with van der Waals surface area (Å²) in [6.07, 6.45) is 0. The van der Waals surface area contributed by atoms with E-state index in [1.54, 1.807) is 6.92 Å². The number of nitriles is 1. The quantitative estimate of drug-likeness (QED) is 0.614. The van der Waals surface area contributed by atoms with E-state index in [1.807, 2.05) is 6.07 Å². The maximum absolute atomic E-state index is 8.84. The first kappa shape index (κ1) is 11.1. The number of aromatic nitrogens is 1. The summed E-state index contributed by atoms with van der Waals surface area (Å²) >= 11 is 5.70. The lowest BCUT2D eigenvalue weighted by molar-refractivity contribution is 0.341. The molecule has 6 heteroatoms. The van der Waals surface area contributed by atoms with Crippen LogP contribution in [0.5, 0.6) is 5.75 Å². The smallest absolute Gasteiger partial charge is 0.270 e. The highest BCUT2D eigenvalue weighted by Crippen LogP contribution is 2.38. The van der Waals surface area contributed by atoms with Gasteiger partial charge in [-0.2, -0.15) is 5.26 Å². The van der Waals surface area contributed by atoms with Gasteiger partial charge in [0.2, 0.25) is 0 Å². The van der Waals surface area contributed by atoms with Gasteiger partial charge in [0.1, 0.15) is 22.6 Å². The zero-order valence-electron chi connectivity index (χ0n) is 7.91. The molecular weight excluding hydrogens is 216 g/mol. The number of hydrogen-bond acceptors (Lipinski definition) is 4. The molecule has 0 saturated carbocycles. The Morgan fingerprint density at radius 1 is 1.73 bits per heavy atom. The highest BCUT2D eigenvalue weighted by atomic mass is 35.5. The Morgan fingerprint density at radius 2 is 2.40 bits per heavy atom. The molecule has 0 aliphatic heterocycles. The molecule has 0 aliphatic carbocycles. The summed E-state index contributed by atoms with van der Waals surface area (Å²) in [6.45, 7) is 8.97. The summed E-state index contributed by atoms with van der Waals surface area (Å²) in [5.41, 5.74) is 5.55. The number of nitrogens with zero attached hydrogens (tertiary/aromatic N) is 3. The van der Waals surface area contributed by atoms with Gasteiger partial charge in [-0.3, -0.25) is 0 Å². The fourth-order valence-electron chi connectivity index (χ4n) is 1.03.